The number of rotatable bonds is 5. The van der Waals surface area contributed by atoms with Gasteiger partial charge >= 0.3 is 0 Å². The maximum atomic E-state index is 5.59. The van der Waals surface area contributed by atoms with Crippen molar-refractivity contribution in [1.82, 2.24) is 25.4 Å². The van der Waals surface area contributed by atoms with E-state index in [1.807, 2.05) is 4.68 Å². The number of hydrogen-bond acceptors (Lipinski definition) is 5. The smallest absolute Gasteiger partial charge is 0.137 e. The van der Waals surface area contributed by atoms with E-state index in [4.69, 9.17) is 4.74 Å². The zero-order valence-electron chi connectivity index (χ0n) is 11.3. The van der Waals surface area contributed by atoms with Gasteiger partial charge in [-0.2, -0.15) is 5.10 Å². The third-order valence-electron chi connectivity index (χ3n) is 4.25. The van der Waals surface area contributed by atoms with Crippen molar-refractivity contribution >= 4 is 0 Å². The molecule has 6 heteroatoms. The van der Waals surface area contributed by atoms with Crippen LogP contribution in [-0.4, -0.2) is 53.2 Å². The van der Waals surface area contributed by atoms with Gasteiger partial charge in [-0.05, 0) is 18.8 Å². The fourth-order valence-electron chi connectivity index (χ4n) is 3.30. The van der Waals surface area contributed by atoms with E-state index in [0.29, 0.717) is 18.0 Å². The number of ether oxygens (including phenoxy) is 1. The van der Waals surface area contributed by atoms with Crippen LogP contribution in [0.1, 0.15) is 19.3 Å². The standard InChI is InChI=1S/C13H23N5O/c1-2-11(13-8-19-7-5-16-13)12(3-1)15-4-6-18-10-14-9-17-18/h9-13,15-16H,1-8H2. The van der Waals surface area contributed by atoms with Gasteiger partial charge < -0.3 is 15.4 Å². The Morgan fingerprint density at radius 3 is 3.21 bits per heavy atom. The van der Waals surface area contributed by atoms with Crippen LogP contribution in [0.15, 0.2) is 12.7 Å². The minimum Gasteiger partial charge on any atom is -0.379 e. The highest BCUT2D eigenvalue weighted by Crippen LogP contribution is 2.29. The zero-order valence-corrected chi connectivity index (χ0v) is 11.3. The van der Waals surface area contributed by atoms with E-state index in [2.05, 4.69) is 20.7 Å². The fourth-order valence-corrected chi connectivity index (χ4v) is 3.30. The topological polar surface area (TPSA) is 64.0 Å². The molecule has 106 valence electrons. The predicted octanol–water partition coefficient (Wildman–Crippen LogP) is 0.0248. The van der Waals surface area contributed by atoms with Gasteiger partial charge in [0.05, 0.1) is 19.8 Å². The van der Waals surface area contributed by atoms with E-state index in [1.54, 1.807) is 12.7 Å². The summed E-state index contributed by atoms with van der Waals surface area (Å²) in [5.74, 6) is 0.705. The van der Waals surface area contributed by atoms with Crippen LogP contribution in [0, 0.1) is 5.92 Å². The van der Waals surface area contributed by atoms with Crippen LogP contribution in [0.3, 0.4) is 0 Å². The highest BCUT2D eigenvalue weighted by molar-refractivity contribution is 4.91. The van der Waals surface area contributed by atoms with Crippen molar-refractivity contribution in [3.05, 3.63) is 12.7 Å². The van der Waals surface area contributed by atoms with Crippen LogP contribution in [0.25, 0.3) is 0 Å². The Bertz CT molecular complexity index is 363. The van der Waals surface area contributed by atoms with Gasteiger partial charge in [-0.25, -0.2) is 4.98 Å². The lowest BCUT2D eigenvalue weighted by Gasteiger charge is -2.33. The molecule has 0 bridgehead atoms. The first-order chi connectivity index (χ1) is 9.43. The Morgan fingerprint density at radius 1 is 1.42 bits per heavy atom. The van der Waals surface area contributed by atoms with Crippen LogP contribution < -0.4 is 10.6 Å². The Labute approximate surface area is 113 Å². The summed E-state index contributed by atoms with van der Waals surface area (Å²) in [6.07, 6.45) is 7.26. The van der Waals surface area contributed by atoms with E-state index >= 15 is 0 Å². The van der Waals surface area contributed by atoms with Crippen molar-refractivity contribution in [2.75, 3.05) is 26.3 Å². The first kappa shape index (κ1) is 13.0. The van der Waals surface area contributed by atoms with E-state index in [-0.39, 0.29) is 0 Å². The number of nitrogens with one attached hydrogen (secondary N) is 2. The largest absolute Gasteiger partial charge is 0.379 e. The van der Waals surface area contributed by atoms with Gasteiger partial charge in [0.2, 0.25) is 0 Å². The molecule has 2 N–H and O–H groups in total. The second kappa shape index (κ2) is 6.45. The molecule has 3 unspecified atom stereocenters. The second-order valence-corrected chi connectivity index (χ2v) is 5.45. The minimum absolute atomic E-state index is 0.528. The van der Waals surface area contributed by atoms with Crippen molar-refractivity contribution in [3.8, 4) is 0 Å². The Balaban J connectivity index is 1.46. The number of morpholine rings is 1. The fraction of sp³-hybridized carbons (Fsp3) is 0.846. The number of hydrogen-bond donors (Lipinski definition) is 2. The molecule has 6 nitrogen and oxygen atoms in total. The molecule has 1 aromatic heterocycles. The van der Waals surface area contributed by atoms with Gasteiger partial charge in [-0.15, -0.1) is 0 Å². The predicted molar refractivity (Wildman–Crippen MR) is 71.8 cm³/mol. The molecule has 3 atom stereocenters. The van der Waals surface area contributed by atoms with E-state index in [0.717, 1.165) is 32.8 Å². The molecule has 1 saturated carbocycles. The van der Waals surface area contributed by atoms with Crippen LogP contribution in [-0.2, 0) is 11.3 Å². The van der Waals surface area contributed by atoms with E-state index in [1.165, 1.54) is 19.3 Å². The molecule has 1 aliphatic carbocycles. The van der Waals surface area contributed by atoms with E-state index < -0.39 is 0 Å². The van der Waals surface area contributed by atoms with Crippen LogP contribution in [0.4, 0.5) is 0 Å². The molecule has 0 amide bonds. The summed E-state index contributed by atoms with van der Waals surface area (Å²) >= 11 is 0. The summed E-state index contributed by atoms with van der Waals surface area (Å²) in [5.41, 5.74) is 0. The lowest BCUT2D eigenvalue weighted by atomic mass is 9.94. The molecule has 19 heavy (non-hydrogen) atoms. The Kier molecular flexibility index (Phi) is 4.42. The first-order valence-corrected chi connectivity index (χ1v) is 7.30. The van der Waals surface area contributed by atoms with Crippen molar-refractivity contribution in [1.29, 1.82) is 0 Å². The van der Waals surface area contributed by atoms with Crippen molar-refractivity contribution in [3.63, 3.8) is 0 Å². The van der Waals surface area contributed by atoms with Gasteiger partial charge in [0.25, 0.3) is 0 Å². The lowest BCUT2D eigenvalue weighted by molar-refractivity contribution is 0.0525. The summed E-state index contributed by atoms with van der Waals surface area (Å²) in [6.45, 7) is 4.56. The molecule has 1 aromatic rings. The maximum Gasteiger partial charge on any atom is 0.137 e. The van der Waals surface area contributed by atoms with Gasteiger partial charge in [0.1, 0.15) is 12.7 Å². The zero-order chi connectivity index (χ0) is 12.9. The summed E-state index contributed by atoms with van der Waals surface area (Å²) in [4.78, 5) is 3.96. The monoisotopic (exact) mass is 265 g/mol. The summed E-state index contributed by atoms with van der Waals surface area (Å²) in [6, 6.07) is 1.14. The summed E-state index contributed by atoms with van der Waals surface area (Å²) < 4.78 is 7.47. The van der Waals surface area contributed by atoms with Crippen molar-refractivity contribution in [2.45, 2.75) is 37.9 Å². The molecule has 0 spiro atoms. The average Bonchev–Trinajstić information content (AvgIpc) is 3.11. The molecule has 0 radical (unpaired) electrons. The normalized spacial score (nSPS) is 31.7. The van der Waals surface area contributed by atoms with Gasteiger partial charge in [0.15, 0.2) is 0 Å². The lowest BCUT2D eigenvalue weighted by Crippen LogP contribution is -2.51. The van der Waals surface area contributed by atoms with Crippen molar-refractivity contribution in [2.24, 2.45) is 5.92 Å². The first-order valence-electron chi connectivity index (χ1n) is 7.30. The molecule has 2 fully saturated rings. The molecule has 1 saturated heterocycles. The average molecular weight is 265 g/mol. The van der Waals surface area contributed by atoms with Crippen LogP contribution in [0.5, 0.6) is 0 Å². The van der Waals surface area contributed by atoms with Crippen LogP contribution in [0.2, 0.25) is 0 Å². The summed E-state index contributed by atoms with van der Waals surface area (Å²) in [7, 11) is 0. The highest BCUT2D eigenvalue weighted by atomic mass is 16.5. The minimum atomic E-state index is 0.528. The third kappa shape index (κ3) is 3.32. The maximum absolute atomic E-state index is 5.59. The Morgan fingerprint density at radius 2 is 2.42 bits per heavy atom. The molecule has 1 aliphatic heterocycles. The highest BCUT2D eigenvalue weighted by Gasteiger charge is 2.34. The molecule has 2 aliphatic rings. The Hall–Kier alpha value is -0.980. The molecular formula is C13H23N5O. The van der Waals surface area contributed by atoms with Gasteiger partial charge in [0, 0.05) is 25.2 Å². The van der Waals surface area contributed by atoms with Crippen molar-refractivity contribution < 1.29 is 4.74 Å². The quantitative estimate of drug-likeness (QED) is 0.786. The van der Waals surface area contributed by atoms with E-state index in [9.17, 15) is 0 Å². The molecule has 3 rings (SSSR count). The van der Waals surface area contributed by atoms with Gasteiger partial charge in [-0.3, -0.25) is 4.68 Å². The summed E-state index contributed by atoms with van der Waals surface area (Å²) in [5, 5.41) is 11.4. The third-order valence-corrected chi connectivity index (χ3v) is 4.25. The molecular weight excluding hydrogens is 242 g/mol. The number of aromatic nitrogens is 3. The second-order valence-electron chi connectivity index (χ2n) is 5.45. The molecule has 0 aromatic carbocycles. The molecule has 2 heterocycles. The number of nitrogens with zero attached hydrogens (tertiary/aromatic N) is 3. The van der Waals surface area contributed by atoms with Gasteiger partial charge in [-0.1, -0.05) is 6.42 Å². The SMILES string of the molecule is c1ncn(CCNC2CCCC2C2COCCN2)n1. The van der Waals surface area contributed by atoms with Crippen LogP contribution >= 0.6 is 0 Å².